The molecule has 3 rings (SSSR count). The van der Waals surface area contributed by atoms with E-state index in [4.69, 9.17) is 16.0 Å². The lowest BCUT2D eigenvalue weighted by molar-refractivity contribution is 0.0921. The third-order valence-corrected chi connectivity index (χ3v) is 5.11. The van der Waals surface area contributed by atoms with Crippen LogP contribution in [0.5, 0.6) is 0 Å². The van der Waals surface area contributed by atoms with Gasteiger partial charge in [-0.1, -0.05) is 37.5 Å². The van der Waals surface area contributed by atoms with Gasteiger partial charge in [0.15, 0.2) is 0 Å². The molecule has 0 unspecified atom stereocenters. The fraction of sp³-hybridized carbons (Fsp3) is 0.471. The number of carbonyl (C=O) groups is 1. The van der Waals surface area contributed by atoms with Crippen molar-refractivity contribution < 1.29 is 9.21 Å². The van der Waals surface area contributed by atoms with Crippen LogP contribution >= 0.6 is 11.6 Å². The van der Waals surface area contributed by atoms with E-state index in [0.717, 1.165) is 23.8 Å². The lowest BCUT2D eigenvalue weighted by Crippen LogP contribution is -2.40. The van der Waals surface area contributed by atoms with E-state index in [9.17, 15) is 4.79 Å². The standard InChI is InChI=1S/C17H20ClNO2/c18-11-17(8-4-1-5-9-17)12-19-16(20)14-10-21-15-7-3-2-6-13(14)15/h2-3,6-7,10H,1,4-5,8-9,11-12H2,(H,19,20). The Hall–Kier alpha value is -1.48. The van der Waals surface area contributed by atoms with Gasteiger partial charge in [0.05, 0.1) is 5.56 Å². The molecule has 0 bridgehead atoms. The van der Waals surface area contributed by atoms with Crippen LogP contribution in [-0.4, -0.2) is 18.3 Å². The molecule has 1 aromatic heterocycles. The summed E-state index contributed by atoms with van der Waals surface area (Å²) in [5.41, 5.74) is 1.41. The first-order valence-electron chi connectivity index (χ1n) is 7.55. The van der Waals surface area contributed by atoms with E-state index in [2.05, 4.69) is 5.32 Å². The average Bonchev–Trinajstić information content (AvgIpc) is 2.98. The number of para-hydroxylation sites is 1. The van der Waals surface area contributed by atoms with Crippen LogP contribution in [0.25, 0.3) is 11.0 Å². The van der Waals surface area contributed by atoms with Gasteiger partial charge in [0.25, 0.3) is 5.91 Å². The molecule has 2 aromatic rings. The van der Waals surface area contributed by atoms with Crippen molar-refractivity contribution in [1.82, 2.24) is 5.32 Å². The summed E-state index contributed by atoms with van der Waals surface area (Å²) in [6.07, 6.45) is 7.42. The second-order valence-electron chi connectivity index (χ2n) is 6.02. The molecule has 21 heavy (non-hydrogen) atoms. The van der Waals surface area contributed by atoms with E-state index < -0.39 is 0 Å². The molecule has 0 saturated heterocycles. The maximum atomic E-state index is 12.4. The minimum atomic E-state index is -0.0741. The van der Waals surface area contributed by atoms with Gasteiger partial charge in [-0.25, -0.2) is 0 Å². The number of rotatable bonds is 4. The van der Waals surface area contributed by atoms with E-state index in [1.807, 2.05) is 24.3 Å². The predicted octanol–water partition coefficient (Wildman–Crippen LogP) is 4.35. The Balaban J connectivity index is 1.71. The molecule has 1 N–H and O–H groups in total. The van der Waals surface area contributed by atoms with Crippen LogP contribution in [0.4, 0.5) is 0 Å². The molecule has 3 nitrogen and oxygen atoms in total. The highest BCUT2D eigenvalue weighted by molar-refractivity contribution is 6.18. The zero-order valence-corrected chi connectivity index (χ0v) is 12.8. The van der Waals surface area contributed by atoms with Gasteiger partial charge in [-0.3, -0.25) is 4.79 Å². The lowest BCUT2D eigenvalue weighted by Gasteiger charge is -2.35. The molecule has 0 spiro atoms. The molecule has 1 saturated carbocycles. The number of hydrogen-bond acceptors (Lipinski definition) is 2. The average molecular weight is 306 g/mol. The first-order valence-corrected chi connectivity index (χ1v) is 8.08. The second-order valence-corrected chi connectivity index (χ2v) is 6.29. The van der Waals surface area contributed by atoms with E-state index in [-0.39, 0.29) is 11.3 Å². The van der Waals surface area contributed by atoms with Gasteiger partial charge in [0.1, 0.15) is 11.8 Å². The Labute approximate surface area is 129 Å². The van der Waals surface area contributed by atoms with Crippen LogP contribution in [0.15, 0.2) is 34.9 Å². The van der Waals surface area contributed by atoms with Crippen molar-refractivity contribution in [3.8, 4) is 0 Å². The van der Waals surface area contributed by atoms with Crippen molar-refractivity contribution >= 4 is 28.5 Å². The molecule has 1 heterocycles. The number of alkyl halides is 1. The number of amides is 1. The molecule has 1 aromatic carbocycles. The molecule has 0 aliphatic heterocycles. The Morgan fingerprint density at radius 2 is 2.00 bits per heavy atom. The SMILES string of the molecule is O=C(NCC1(CCl)CCCCC1)c1coc2ccccc12. The molecule has 1 aliphatic carbocycles. The van der Waals surface area contributed by atoms with E-state index >= 15 is 0 Å². The van der Waals surface area contributed by atoms with Crippen LogP contribution < -0.4 is 5.32 Å². The number of benzene rings is 1. The van der Waals surface area contributed by atoms with Crippen molar-refractivity contribution in [2.75, 3.05) is 12.4 Å². The largest absolute Gasteiger partial charge is 0.463 e. The summed E-state index contributed by atoms with van der Waals surface area (Å²) in [6.45, 7) is 0.648. The van der Waals surface area contributed by atoms with Crippen molar-refractivity contribution in [2.24, 2.45) is 5.41 Å². The minimum Gasteiger partial charge on any atom is -0.463 e. The maximum Gasteiger partial charge on any atom is 0.255 e. The highest BCUT2D eigenvalue weighted by Crippen LogP contribution is 2.36. The Morgan fingerprint density at radius 1 is 1.24 bits per heavy atom. The van der Waals surface area contributed by atoms with Gasteiger partial charge < -0.3 is 9.73 Å². The Morgan fingerprint density at radius 3 is 2.76 bits per heavy atom. The molecular weight excluding hydrogens is 286 g/mol. The minimum absolute atomic E-state index is 0.0645. The quantitative estimate of drug-likeness (QED) is 0.853. The molecule has 4 heteroatoms. The van der Waals surface area contributed by atoms with E-state index in [1.54, 1.807) is 0 Å². The summed E-state index contributed by atoms with van der Waals surface area (Å²) in [5, 5.41) is 3.92. The van der Waals surface area contributed by atoms with Crippen LogP contribution in [0.1, 0.15) is 42.5 Å². The topological polar surface area (TPSA) is 42.2 Å². The monoisotopic (exact) mass is 305 g/mol. The van der Waals surface area contributed by atoms with Gasteiger partial charge in [0, 0.05) is 23.2 Å². The van der Waals surface area contributed by atoms with Crippen LogP contribution in [0.2, 0.25) is 0 Å². The van der Waals surface area contributed by atoms with Crippen LogP contribution in [-0.2, 0) is 0 Å². The van der Waals surface area contributed by atoms with Gasteiger partial charge in [-0.2, -0.15) is 0 Å². The normalized spacial score (nSPS) is 17.8. The van der Waals surface area contributed by atoms with Crippen LogP contribution in [0.3, 0.4) is 0 Å². The second kappa shape index (κ2) is 6.10. The smallest absolute Gasteiger partial charge is 0.255 e. The molecule has 1 aliphatic rings. The summed E-state index contributed by atoms with van der Waals surface area (Å²) in [5.74, 6) is 0.536. The van der Waals surface area contributed by atoms with Crippen molar-refractivity contribution in [1.29, 1.82) is 0 Å². The Kier molecular flexibility index (Phi) is 4.20. The van der Waals surface area contributed by atoms with Crippen molar-refractivity contribution in [3.05, 3.63) is 36.1 Å². The molecular formula is C17H20ClNO2. The predicted molar refractivity (Wildman–Crippen MR) is 84.8 cm³/mol. The van der Waals surface area contributed by atoms with Gasteiger partial charge >= 0.3 is 0 Å². The number of nitrogens with one attached hydrogen (secondary N) is 1. The molecule has 1 amide bonds. The van der Waals surface area contributed by atoms with Crippen molar-refractivity contribution in [2.45, 2.75) is 32.1 Å². The third-order valence-electron chi connectivity index (χ3n) is 4.55. The summed E-state index contributed by atoms with van der Waals surface area (Å²) in [6, 6.07) is 7.59. The maximum absolute atomic E-state index is 12.4. The summed E-state index contributed by atoms with van der Waals surface area (Å²) >= 11 is 6.17. The first kappa shape index (κ1) is 14.5. The van der Waals surface area contributed by atoms with Gasteiger partial charge in [-0.05, 0) is 18.9 Å². The van der Waals surface area contributed by atoms with Gasteiger partial charge in [0.2, 0.25) is 0 Å². The fourth-order valence-corrected chi connectivity index (χ4v) is 3.54. The zero-order valence-electron chi connectivity index (χ0n) is 12.0. The highest BCUT2D eigenvalue weighted by Gasteiger charge is 2.31. The highest BCUT2D eigenvalue weighted by atomic mass is 35.5. The number of furan rings is 1. The summed E-state index contributed by atoms with van der Waals surface area (Å²) in [7, 11) is 0. The van der Waals surface area contributed by atoms with Gasteiger partial charge in [-0.15, -0.1) is 11.6 Å². The molecule has 0 atom stereocenters. The fourth-order valence-electron chi connectivity index (χ4n) is 3.18. The molecule has 1 fully saturated rings. The van der Waals surface area contributed by atoms with Crippen molar-refractivity contribution in [3.63, 3.8) is 0 Å². The van der Waals surface area contributed by atoms with E-state index in [1.165, 1.54) is 25.5 Å². The zero-order chi connectivity index (χ0) is 14.7. The number of hydrogen-bond donors (Lipinski definition) is 1. The Bertz CT molecular complexity index is 629. The van der Waals surface area contributed by atoms with E-state index in [0.29, 0.717) is 18.0 Å². The first-order chi connectivity index (χ1) is 10.2. The molecule has 0 radical (unpaired) electrons. The lowest BCUT2D eigenvalue weighted by atomic mass is 9.75. The summed E-state index contributed by atoms with van der Waals surface area (Å²) < 4.78 is 5.43. The number of fused-ring (bicyclic) bond motifs is 1. The van der Waals surface area contributed by atoms with Crippen LogP contribution in [0, 0.1) is 5.41 Å². The molecule has 112 valence electrons. The third kappa shape index (κ3) is 2.93. The summed E-state index contributed by atoms with van der Waals surface area (Å²) in [4.78, 5) is 12.4. The number of halogens is 1. The number of carbonyl (C=O) groups excluding carboxylic acids is 1.